The lowest BCUT2D eigenvalue weighted by molar-refractivity contribution is -0.130. The van der Waals surface area contributed by atoms with E-state index in [9.17, 15) is 9.59 Å². The van der Waals surface area contributed by atoms with Crippen molar-refractivity contribution < 1.29 is 9.59 Å². The summed E-state index contributed by atoms with van der Waals surface area (Å²) >= 11 is 1.45. The standard InChI is InChI=1S/C28H29N5O2S/c1-19-11-16-36-27(19)28(35)29-26-17-21(18-32-12-14-33(15-13-32)20(2)34)7-8-22(26)9-10-25-23-5-3-4-6-24(23)30-31-25/h3-11,16-17H,12-15,18H2,1-2H3,(H,29,35)(H,30,31)/b10-9+. The summed E-state index contributed by atoms with van der Waals surface area (Å²) in [5.41, 5.74) is 5.60. The Morgan fingerprint density at radius 3 is 2.64 bits per heavy atom. The molecule has 8 heteroatoms. The van der Waals surface area contributed by atoms with Crippen molar-refractivity contribution >= 4 is 51.9 Å². The number of rotatable bonds is 6. The smallest absolute Gasteiger partial charge is 0.266 e. The van der Waals surface area contributed by atoms with E-state index in [1.54, 1.807) is 6.92 Å². The van der Waals surface area contributed by atoms with Gasteiger partial charge in [0.2, 0.25) is 5.91 Å². The molecule has 0 spiro atoms. The number of anilines is 1. The lowest BCUT2D eigenvalue weighted by Crippen LogP contribution is -2.47. The normalized spacial score (nSPS) is 14.6. The number of carbonyl (C=O) groups is 2. The second-order valence-corrected chi connectivity index (χ2v) is 9.99. The number of amides is 2. The van der Waals surface area contributed by atoms with Gasteiger partial charge in [-0.3, -0.25) is 19.6 Å². The molecule has 0 radical (unpaired) electrons. The third-order valence-electron chi connectivity index (χ3n) is 6.58. The van der Waals surface area contributed by atoms with Crippen LogP contribution in [0.1, 0.15) is 39.0 Å². The zero-order chi connectivity index (χ0) is 25.1. The summed E-state index contributed by atoms with van der Waals surface area (Å²) in [4.78, 5) is 29.7. The van der Waals surface area contributed by atoms with E-state index in [4.69, 9.17) is 0 Å². The fourth-order valence-electron chi connectivity index (χ4n) is 4.50. The Bertz CT molecular complexity index is 1430. The molecule has 7 nitrogen and oxygen atoms in total. The van der Waals surface area contributed by atoms with Gasteiger partial charge >= 0.3 is 0 Å². The summed E-state index contributed by atoms with van der Waals surface area (Å²) in [5, 5.41) is 13.6. The third kappa shape index (κ3) is 5.24. The first-order valence-electron chi connectivity index (χ1n) is 12.1. The second-order valence-electron chi connectivity index (χ2n) is 9.08. The van der Waals surface area contributed by atoms with Crippen molar-refractivity contribution in [2.45, 2.75) is 20.4 Å². The van der Waals surface area contributed by atoms with E-state index in [2.05, 4.69) is 32.5 Å². The summed E-state index contributed by atoms with van der Waals surface area (Å²) < 4.78 is 0. The van der Waals surface area contributed by atoms with Crippen LogP contribution >= 0.6 is 11.3 Å². The number of aromatic nitrogens is 2. The maximum absolute atomic E-state index is 13.1. The molecule has 2 N–H and O–H groups in total. The lowest BCUT2D eigenvalue weighted by Gasteiger charge is -2.34. The number of para-hydroxylation sites is 1. The van der Waals surface area contributed by atoms with Gasteiger partial charge in [-0.1, -0.05) is 36.4 Å². The Labute approximate surface area is 214 Å². The van der Waals surface area contributed by atoms with Crippen molar-refractivity contribution in [1.82, 2.24) is 20.0 Å². The quantitative estimate of drug-likeness (QED) is 0.390. The van der Waals surface area contributed by atoms with E-state index in [1.807, 2.05) is 65.8 Å². The van der Waals surface area contributed by atoms with Crippen molar-refractivity contribution in [3.05, 3.63) is 81.2 Å². The first-order chi connectivity index (χ1) is 17.5. The molecule has 0 aliphatic carbocycles. The molecule has 1 aliphatic rings. The minimum Gasteiger partial charge on any atom is -0.340 e. The highest BCUT2D eigenvalue weighted by Gasteiger charge is 2.19. The molecule has 36 heavy (non-hydrogen) atoms. The molecule has 1 fully saturated rings. The lowest BCUT2D eigenvalue weighted by atomic mass is 10.1. The number of aromatic amines is 1. The molecule has 0 unspecified atom stereocenters. The van der Waals surface area contributed by atoms with E-state index < -0.39 is 0 Å². The molecule has 5 rings (SSSR count). The van der Waals surface area contributed by atoms with E-state index >= 15 is 0 Å². The SMILES string of the molecule is CC(=O)N1CCN(Cc2ccc(/C=C/c3n[nH]c4ccccc34)c(NC(=O)c3sccc3C)c2)CC1. The Hall–Kier alpha value is -3.75. The second kappa shape index (κ2) is 10.5. The molecule has 2 aromatic carbocycles. The van der Waals surface area contributed by atoms with E-state index in [0.29, 0.717) is 4.88 Å². The largest absolute Gasteiger partial charge is 0.340 e. The summed E-state index contributed by atoms with van der Waals surface area (Å²) in [6.07, 6.45) is 3.97. The predicted molar refractivity (Wildman–Crippen MR) is 146 cm³/mol. The van der Waals surface area contributed by atoms with E-state index in [0.717, 1.165) is 71.7 Å². The molecular weight excluding hydrogens is 470 g/mol. The van der Waals surface area contributed by atoms with Crippen molar-refractivity contribution in [1.29, 1.82) is 0 Å². The number of piperazine rings is 1. The Morgan fingerprint density at radius 1 is 1.08 bits per heavy atom. The van der Waals surface area contributed by atoms with Crippen LogP contribution in [0.3, 0.4) is 0 Å². The molecule has 184 valence electrons. The van der Waals surface area contributed by atoms with Crippen LogP contribution in [0.25, 0.3) is 23.1 Å². The molecular formula is C28H29N5O2S. The van der Waals surface area contributed by atoms with Gasteiger partial charge < -0.3 is 10.2 Å². The summed E-state index contributed by atoms with van der Waals surface area (Å²) in [7, 11) is 0. The van der Waals surface area contributed by atoms with Gasteiger partial charge in [-0.25, -0.2) is 0 Å². The Balaban J connectivity index is 1.40. The number of thiophene rings is 1. The first kappa shape index (κ1) is 24.0. The van der Waals surface area contributed by atoms with Crippen molar-refractivity contribution in [2.75, 3.05) is 31.5 Å². The van der Waals surface area contributed by atoms with Gasteiger partial charge in [0.05, 0.1) is 16.1 Å². The highest BCUT2D eigenvalue weighted by Crippen LogP contribution is 2.25. The number of H-pyrrole nitrogens is 1. The topological polar surface area (TPSA) is 81.3 Å². The minimum absolute atomic E-state index is 0.102. The third-order valence-corrected chi connectivity index (χ3v) is 7.59. The monoisotopic (exact) mass is 499 g/mol. The number of nitrogens with zero attached hydrogens (tertiary/aromatic N) is 3. The Kier molecular flexibility index (Phi) is 6.97. The fraction of sp³-hybridized carbons (Fsp3) is 0.250. The maximum atomic E-state index is 13.1. The number of aryl methyl sites for hydroxylation is 1. The highest BCUT2D eigenvalue weighted by atomic mass is 32.1. The number of hydrogen-bond acceptors (Lipinski definition) is 5. The fourth-order valence-corrected chi connectivity index (χ4v) is 5.32. The molecule has 2 aromatic heterocycles. The number of fused-ring (bicyclic) bond motifs is 1. The van der Waals surface area contributed by atoms with Gasteiger partial charge in [0, 0.05) is 50.7 Å². The average molecular weight is 500 g/mol. The molecule has 0 atom stereocenters. The first-order valence-corrected chi connectivity index (χ1v) is 12.9. The van der Waals surface area contributed by atoms with E-state index in [1.165, 1.54) is 11.3 Å². The molecule has 0 saturated carbocycles. The number of benzene rings is 2. The van der Waals surface area contributed by atoms with Crippen LogP contribution in [0, 0.1) is 6.92 Å². The molecule has 4 aromatic rings. The van der Waals surface area contributed by atoms with Crippen molar-refractivity contribution in [2.24, 2.45) is 0 Å². The van der Waals surface area contributed by atoms with Gasteiger partial charge in [0.1, 0.15) is 0 Å². The predicted octanol–water partition coefficient (Wildman–Crippen LogP) is 5.02. The summed E-state index contributed by atoms with van der Waals surface area (Å²) in [6.45, 7) is 7.50. The highest BCUT2D eigenvalue weighted by molar-refractivity contribution is 7.12. The number of hydrogen-bond donors (Lipinski definition) is 2. The molecule has 0 bridgehead atoms. The van der Waals surface area contributed by atoms with Gasteiger partial charge in [0.25, 0.3) is 5.91 Å². The summed E-state index contributed by atoms with van der Waals surface area (Å²) in [5.74, 6) is 0.0268. The van der Waals surface area contributed by atoms with Crippen LogP contribution in [0.4, 0.5) is 5.69 Å². The molecule has 1 aliphatic heterocycles. The van der Waals surface area contributed by atoms with Gasteiger partial charge in [-0.05, 0) is 53.3 Å². The zero-order valence-electron chi connectivity index (χ0n) is 20.5. The minimum atomic E-state index is -0.102. The van der Waals surface area contributed by atoms with Crippen LogP contribution in [-0.2, 0) is 11.3 Å². The Morgan fingerprint density at radius 2 is 1.89 bits per heavy atom. The van der Waals surface area contributed by atoms with Gasteiger partial charge in [0.15, 0.2) is 0 Å². The maximum Gasteiger partial charge on any atom is 0.266 e. The van der Waals surface area contributed by atoms with Gasteiger partial charge in [-0.15, -0.1) is 11.3 Å². The zero-order valence-corrected chi connectivity index (χ0v) is 21.3. The van der Waals surface area contributed by atoms with Gasteiger partial charge in [-0.2, -0.15) is 5.10 Å². The average Bonchev–Trinajstić information content (AvgIpc) is 3.50. The molecule has 3 heterocycles. The molecule has 1 saturated heterocycles. The summed E-state index contributed by atoms with van der Waals surface area (Å²) in [6, 6.07) is 16.2. The van der Waals surface area contributed by atoms with Crippen LogP contribution in [0.15, 0.2) is 53.9 Å². The van der Waals surface area contributed by atoms with Crippen molar-refractivity contribution in [3.8, 4) is 0 Å². The van der Waals surface area contributed by atoms with E-state index in [-0.39, 0.29) is 11.8 Å². The number of carbonyl (C=O) groups excluding carboxylic acids is 2. The molecule has 2 amide bonds. The van der Waals surface area contributed by atoms with Crippen LogP contribution < -0.4 is 5.32 Å². The number of nitrogens with one attached hydrogen (secondary N) is 2. The van der Waals surface area contributed by atoms with Crippen LogP contribution in [0.2, 0.25) is 0 Å². The van der Waals surface area contributed by atoms with Crippen molar-refractivity contribution in [3.63, 3.8) is 0 Å². The van der Waals surface area contributed by atoms with Crippen LogP contribution in [-0.4, -0.2) is 58.0 Å². The van der Waals surface area contributed by atoms with Crippen LogP contribution in [0.5, 0.6) is 0 Å².